The maximum Gasteiger partial charge on any atom is 0.356 e. The molecule has 0 atom stereocenters. The second-order valence-corrected chi connectivity index (χ2v) is 6.99. The highest BCUT2D eigenvalue weighted by atomic mass is 16.5. The van der Waals surface area contributed by atoms with Crippen molar-refractivity contribution < 1.29 is 14.6 Å². The Bertz CT molecular complexity index is 1200. The van der Waals surface area contributed by atoms with Gasteiger partial charge in [0.2, 0.25) is 0 Å². The van der Waals surface area contributed by atoms with Gasteiger partial charge in [0.25, 0.3) is 0 Å². The molecule has 5 heteroatoms. The Morgan fingerprint density at radius 3 is 2.37 bits per heavy atom. The van der Waals surface area contributed by atoms with E-state index in [0.29, 0.717) is 12.1 Å². The van der Waals surface area contributed by atoms with Crippen LogP contribution >= 0.6 is 0 Å². The van der Waals surface area contributed by atoms with Crippen LogP contribution in [0.25, 0.3) is 33.3 Å². The molecule has 2 heterocycles. The van der Waals surface area contributed by atoms with E-state index in [-0.39, 0.29) is 12.3 Å². The standard InChI is InChI=1S/C25H22N2O3/c1-3-30-25(29)23-14-22-20(16(2)26-23)13-21(18-7-5-4-6-8-18)24(27-22)19-11-9-17(15-28)10-12-19/h4-14,28H,3,15H2,1-2H3. The van der Waals surface area contributed by atoms with Gasteiger partial charge >= 0.3 is 5.97 Å². The van der Waals surface area contributed by atoms with Crippen molar-refractivity contribution in [3.8, 4) is 22.4 Å². The topological polar surface area (TPSA) is 72.3 Å². The molecule has 1 N–H and O–H groups in total. The molecule has 0 aliphatic heterocycles. The van der Waals surface area contributed by atoms with Crippen LogP contribution < -0.4 is 0 Å². The number of rotatable bonds is 5. The summed E-state index contributed by atoms with van der Waals surface area (Å²) >= 11 is 0. The van der Waals surface area contributed by atoms with Crippen molar-refractivity contribution >= 4 is 16.9 Å². The molecule has 0 aliphatic rings. The first kappa shape index (κ1) is 19.7. The monoisotopic (exact) mass is 398 g/mol. The average molecular weight is 398 g/mol. The molecule has 0 fully saturated rings. The summed E-state index contributed by atoms with van der Waals surface area (Å²) < 4.78 is 5.11. The summed E-state index contributed by atoms with van der Waals surface area (Å²) in [6.07, 6.45) is 0. The number of carbonyl (C=O) groups is 1. The first-order valence-electron chi connectivity index (χ1n) is 9.85. The van der Waals surface area contributed by atoms with Gasteiger partial charge in [0.1, 0.15) is 0 Å². The van der Waals surface area contributed by atoms with Crippen molar-refractivity contribution in [3.05, 3.63) is 83.7 Å². The van der Waals surface area contributed by atoms with Gasteiger partial charge < -0.3 is 9.84 Å². The van der Waals surface area contributed by atoms with Crippen molar-refractivity contribution in [2.45, 2.75) is 20.5 Å². The summed E-state index contributed by atoms with van der Waals surface area (Å²) in [5.41, 5.74) is 6.26. The van der Waals surface area contributed by atoms with Crippen LogP contribution in [0.2, 0.25) is 0 Å². The molecule has 0 amide bonds. The Balaban J connectivity index is 1.96. The molecule has 30 heavy (non-hydrogen) atoms. The summed E-state index contributed by atoms with van der Waals surface area (Å²) in [6, 6.07) is 21.5. The van der Waals surface area contributed by atoms with E-state index in [1.165, 1.54) is 0 Å². The van der Waals surface area contributed by atoms with Gasteiger partial charge in [-0.3, -0.25) is 0 Å². The number of ether oxygens (including phenoxy) is 1. The number of benzene rings is 2. The van der Waals surface area contributed by atoms with Crippen LogP contribution in [0.4, 0.5) is 0 Å². The highest BCUT2D eigenvalue weighted by Crippen LogP contribution is 2.34. The zero-order valence-corrected chi connectivity index (χ0v) is 16.9. The molecule has 2 aromatic carbocycles. The zero-order chi connectivity index (χ0) is 21.1. The van der Waals surface area contributed by atoms with E-state index in [9.17, 15) is 9.90 Å². The highest BCUT2D eigenvalue weighted by molar-refractivity contribution is 5.96. The van der Waals surface area contributed by atoms with Gasteiger partial charge in [-0.15, -0.1) is 0 Å². The van der Waals surface area contributed by atoms with Gasteiger partial charge in [0, 0.05) is 22.2 Å². The van der Waals surface area contributed by atoms with Crippen LogP contribution in [0.1, 0.15) is 28.7 Å². The molecule has 0 spiro atoms. The van der Waals surface area contributed by atoms with Crippen LogP contribution in [0.3, 0.4) is 0 Å². The molecule has 5 nitrogen and oxygen atoms in total. The third kappa shape index (κ3) is 3.80. The van der Waals surface area contributed by atoms with Crippen molar-refractivity contribution in [1.82, 2.24) is 9.97 Å². The van der Waals surface area contributed by atoms with Crippen molar-refractivity contribution in [2.75, 3.05) is 6.61 Å². The number of pyridine rings is 2. The number of fused-ring (bicyclic) bond motifs is 1. The van der Waals surface area contributed by atoms with Crippen LogP contribution in [-0.4, -0.2) is 27.7 Å². The molecule has 2 aromatic heterocycles. The average Bonchev–Trinajstić information content (AvgIpc) is 2.79. The lowest BCUT2D eigenvalue weighted by Crippen LogP contribution is -2.08. The SMILES string of the molecule is CCOC(=O)c1cc2nc(-c3ccc(CO)cc3)c(-c3ccccc3)cc2c(C)n1. The molecule has 150 valence electrons. The number of nitrogens with zero attached hydrogens (tertiary/aromatic N) is 2. The first-order chi connectivity index (χ1) is 14.6. The Hall–Kier alpha value is -3.57. The lowest BCUT2D eigenvalue weighted by molar-refractivity contribution is 0.0519. The zero-order valence-electron chi connectivity index (χ0n) is 16.9. The lowest BCUT2D eigenvalue weighted by atomic mass is 9.96. The molecule has 4 aromatic rings. The summed E-state index contributed by atoms with van der Waals surface area (Å²) in [7, 11) is 0. The van der Waals surface area contributed by atoms with E-state index in [1.807, 2.05) is 61.5 Å². The fraction of sp³-hybridized carbons (Fsp3) is 0.160. The van der Waals surface area contributed by atoms with E-state index < -0.39 is 5.97 Å². The molecule has 0 bridgehead atoms. The van der Waals surface area contributed by atoms with Crippen molar-refractivity contribution in [3.63, 3.8) is 0 Å². The largest absolute Gasteiger partial charge is 0.461 e. The molecule has 0 saturated carbocycles. The number of hydrogen-bond donors (Lipinski definition) is 1. The predicted octanol–water partition coefficient (Wildman–Crippen LogP) is 4.94. The Kier molecular flexibility index (Phi) is 5.55. The number of aliphatic hydroxyl groups is 1. The number of aromatic nitrogens is 2. The van der Waals surface area contributed by atoms with Gasteiger partial charge in [-0.05, 0) is 37.1 Å². The Morgan fingerprint density at radius 2 is 1.70 bits per heavy atom. The second-order valence-electron chi connectivity index (χ2n) is 6.99. The number of hydrogen-bond acceptors (Lipinski definition) is 5. The van der Waals surface area contributed by atoms with Crippen molar-refractivity contribution in [2.24, 2.45) is 0 Å². The van der Waals surface area contributed by atoms with Crippen LogP contribution in [0.15, 0.2) is 66.7 Å². The Labute approximate surface area is 175 Å². The normalized spacial score (nSPS) is 10.9. The molecular formula is C25H22N2O3. The van der Waals surface area contributed by atoms with E-state index >= 15 is 0 Å². The first-order valence-corrected chi connectivity index (χ1v) is 9.85. The summed E-state index contributed by atoms with van der Waals surface area (Å²) in [4.78, 5) is 21.6. The third-order valence-corrected chi connectivity index (χ3v) is 4.98. The third-order valence-electron chi connectivity index (χ3n) is 4.98. The van der Waals surface area contributed by atoms with Crippen molar-refractivity contribution in [1.29, 1.82) is 0 Å². The van der Waals surface area contributed by atoms with Crippen LogP contribution in [0, 0.1) is 6.92 Å². The maximum absolute atomic E-state index is 12.2. The number of carbonyl (C=O) groups excluding carboxylic acids is 1. The van der Waals surface area contributed by atoms with Gasteiger partial charge in [-0.1, -0.05) is 54.6 Å². The number of esters is 1. The summed E-state index contributed by atoms with van der Waals surface area (Å²) in [5, 5.41) is 10.3. The van der Waals surface area contributed by atoms with Gasteiger partial charge in [-0.25, -0.2) is 14.8 Å². The fourth-order valence-corrected chi connectivity index (χ4v) is 3.47. The van der Waals surface area contributed by atoms with Gasteiger partial charge in [0.05, 0.1) is 24.4 Å². The van der Waals surface area contributed by atoms with E-state index in [0.717, 1.165) is 39.0 Å². The molecule has 4 rings (SSSR count). The predicted molar refractivity (Wildman–Crippen MR) is 117 cm³/mol. The van der Waals surface area contributed by atoms with Gasteiger partial charge in [0.15, 0.2) is 5.69 Å². The fourth-order valence-electron chi connectivity index (χ4n) is 3.47. The molecule has 0 unspecified atom stereocenters. The summed E-state index contributed by atoms with van der Waals surface area (Å²) in [5.74, 6) is -0.453. The Morgan fingerprint density at radius 1 is 0.967 bits per heavy atom. The molecule has 0 radical (unpaired) electrons. The highest BCUT2D eigenvalue weighted by Gasteiger charge is 2.16. The smallest absolute Gasteiger partial charge is 0.356 e. The van der Waals surface area contributed by atoms with E-state index in [4.69, 9.17) is 9.72 Å². The minimum atomic E-state index is -0.453. The van der Waals surface area contributed by atoms with E-state index in [2.05, 4.69) is 11.1 Å². The number of aliphatic hydroxyl groups excluding tert-OH is 1. The molecular weight excluding hydrogens is 376 g/mol. The van der Waals surface area contributed by atoms with Crippen LogP contribution in [0.5, 0.6) is 0 Å². The van der Waals surface area contributed by atoms with E-state index in [1.54, 1.807) is 13.0 Å². The minimum absolute atomic E-state index is 0.00919. The second kappa shape index (κ2) is 8.43. The lowest BCUT2D eigenvalue weighted by Gasteiger charge is -2.14. The van der Waals surface area contributed by atoms with Gasteiger partial charge in [-0.2, -0.15) is 0 Å². The maximum atomic E-state index is 12.2. The molecule has 0 saturated heterocycles. The number of aryl methyl sites for hydroxylation is 1. The minimum Gasteiger partial charge on any atom is -0.461 e. The quantitative estimate of drug-likeness (QED) is 0.482. The molecule has 0 aliphatic carbocycles. The summed E-state index contributed by atoms with van der Waals surface area (Å²) in [6.45, 7) is 3.92. The van der Waals surface area contributed by atoms with Crippen LogP contribution in [-0.2, 0) is 11.3 Å².